The SMILES string of the molecule is COC1(OCC2OC(n3cc(C)c(=O)n(CCCNC(=O)Cc4ccc([Si](C(C)(C)C)C(C)(C)C)cc4)c3=O)CC2OC2(OC)CCCCC2)CCCCC1. The van der Waals surface area contributed by atoms with Crippen molar-refractivity contribution in [3.63, 3.8) is 0 Å². The Hall–Kier alpha value is -2.61. The quantitative estimate of drug-likeness (QED) is 0.121. The van der Waals surface area contributed by atoms with Gasteiger partial charge in [-0.25, -0.2) is 4.79 Å². The van der Waals surface area contributed by atoms with Crippen LogP contribution in [0, 0.1) is 6.92 Å². The van der Waals surface area contributed by atoms with Crippen molar-refractivity contribution in [3.8, 4) is 0 Å². The number of aryl methyl sites for hydroxylation is 1. The lowest BCUT2D eigenvalue weighted by Crippen LogP contribution is -2.45. The van der Waals surface area contributed by atoms with Crippen molar-refractivity contribution in [1.82, 2.24) is 14.5 Å². The van der Waals surface area contributed by atoms with Crippen LogP contribution in [0.4, 0.5) is 0 Å². The predicted octanol–water partition coefficient (Wildman–Crippen LogP) is 6.67. The van der Waals surface area contributed by atoms with Crippen molar-refractivity contribution in [2.24, 2.45) is 0 Å². The third-order valence-electron chi connectivity index (χ3n) is 11.7. The molecule has 2 heterocycles. The maximum atomic E-state index is 14.0. The average molecular weight is 783 g/mol. The molecule has 1 amide bonds. The number of hydrogen-bond donors (Lipinski definition) is 1. The van der Waals surface area contributed by atoms with Crippen LogP contribution in [0.25, 0.3) is 0 Å². The summed E-state index contributed by atoms with van der Waals surface area (Å²) in [5.74, 6) is -1.45. The lowest BCUT2D eigenvalue weighted by atomic mass is 9.93. The molecular formula is C43H68N3O8Si. The van der Waals surface area contributed by atoms with Gasteiger partial charge in [0.1, 0.15) is 12.3 Å². The zero-order valence-electron chi connectivity index (χ0n) is 35.1. The zero-order valence-corrected chi connectivity index (χ0v) is 36.1. The van der Waals surface area contributed by atoms with Crippen LogP contribution in [0.5, 0.6) is 0 Å². The van der Waals surface area contributed by atoms with E-state index in [0.29, 0.717) is 24.9 Å². The summed E-state index contributed by atoms with van der Waals surface area (Å²) in [7, 11) is 2.53. The Balaban J connectivity index is 1.23. The Labute approximate surface area is 330 Å². The second kappa shape index (κ2) is 18.3. The Morgan fingerprint density at radius 3 is 2.04 bits per heavy atom. The van der Waals surface area contributed by atoms with Crippen molar-refractivity contribution in [3.05, 3.63) is 62.4 Å². The highest BCUT2D eigenvalue weighted by Crippen LogP contribution is 2.42. The van der Waals surface area contributed by atoms with E-state index < -0.39 is 38.4 Å². The van der Waals surface area contributed by atoms with Crippen LogP contribution in [0.15, 0.2) is 40.1 Å². The summed E-state index contributed by atoms with van der Waals surface area (Å²) < 4.78 is 34.5. The van der Waals surface area contributed by atoms with E-state index in [9.17, 15) is 14.4 Å². The van der Waals surface area contributed by atoms with Gasteiger partial charge in [0, 0.05) is 71.2 Å². The first kappa shape index (κ1) is 43.5. The summed E-state index contributed by atoms with van der Waals surface area (Å²) in [5.41, 5.74) is 0.612. The number of ether oxygens (including phenoxy) is 5. The largest absolute Gasteiger partial charge is 0.356 e. The number of nitrogens with one attached hydrogen (secondary N) is 1. The van der Waals surface area contributed by atoms with Crippen LogP contribution in [0.3, 0.4) is 0 Å². The van der Waals surface area contributed by atoms with Crippen molar-refractivity contribution < 1.29 is 28.5 Å². The molecule has 3 aliphatic rings. The second-order valence-electron chi connectivity index (χ2n) is 18.1. The van der Waals surface area contributed by atoms with Gasteiger partial charge >= 0.3 is 5.69 Å². The third-order valence-corrected chi connectivity index (χ3v) is 15.6. The standard InChI is InChI=1S/C43H68N3O8Si/c1-31-29-46(37-28-34(54-43(51-9)23-14-11-15-24-43)35(53-37)30-52-42(50-8)21-12-10-13-22-42)39(49)45(38(31)48)26-16-25-44-36(47)27-32-17-19-33(20-18-32)55(40(2,3)4)41(5,6)7/h17-20,29,34-35,37H,10-16,21-28,30H2,1-9H3,(H,44,47). The number of benzene rings is 1. The van der Waals surface area contributed by atoms with E-state index in [1.165, 1.54) is 14.3 Å². The molecule has 307 valence electrons. The summed E-state index contributed by atoms with van der Waals surface area (Å²) in [4.78, 5) is 40.2. The van der Waals surface area contributed by atoms with Gasteiger partial charge in [-0.2, -0.15) is 0 Å². The van der Waals surface area contributed by atoms with Crippen molar-refractivity contribution in [2.75, 3.05) is 27.4 Å². The first-order valence-corrected chi connectivity index (χ1v) is 22.1. The fourth-order valence-electron chi connectivity index (χ4n) is 9.27. The highest BCUT2D eigenvalue weighted by atomic mass is 28.3. The number of amides is 1. The molecule has 11 nitrogen and oxygen atoms in total. The van der Waals surface area contributed by atoms with Gasteiger partial charge in [-0.3, -0.25) is 18.7 Å². The van der Waals surface area contributed by atoms with E-state index in [0.717, 1.165) is 69.8 Å². The Morgan fingerprint density at radius 2 is 1.47 bits per heavy atom. The molecule has 3 unspecified atom stereocenters. The number of aromatic nitrogens is 2. The summed E-state index contributed by atoms with van der Waals surface area (Å²) >= 11 is 0. The van der Waals surface area contributed by atoms with Gasteiger partial charge in [-0.05, 0) is 54.7 Å². The first-order chi connectivity index (χ1) is 26.0. The lowest BCUT2D eigenvalue weighted by Gasteiger charge is -2.40. The maximum Gasteiger partial charge on any atom is 0.333 e. The smallest absolute Gasteiger partial charge is 0.333 e. The maximum absolute atomic E-state index is 14.0. The van der Waals surface area contributed by atoms with Gasteiger partial charge in [0.15, 0.2) is 11.6 Å². The minimum atomic E-state index is -0.870. The Bertz CT molecular complexity index is 1670. The Kier molecular flexibility index (Phi) is 14.5. The van der Waals surface area contributed by atoms with Crippen molar-refractivity contribution in [2.45, 2.75) is 179 Å². The third kappa shape index (κ3) is 10.9. The highest BCUT2D eigenvalue weighted by Gasteiger charge is 2.46. The fraction of sp³-hybridized carbons (Fsp3) is 0.744. The molecule has 2 aromatic rings. The van der Waals surface area contributed by atoms with Crippen LogP contribution in [-0.2, 0) is 41.4 Å². The van der Waals surface area contributed by atoms with E-state index >= 15 is 0 Å². The first-order valence-electron chi connectivity index (χ1n) is 20.6. The molecule has 1 radical (unpaired) electrons. The molecule has 3 fully saturated rings. The van der Waals surface area contributed by atoms with Crippen LogP contribution in [0.2, 0.25) is 10.1 Å². The number of carbonyl (C=O) groups excluding carboxylic acids is 1. The minimum absolute atomic E-state index is 0.0899. The average Bonchev–Trinajstić information content (AvgIpc) is 3.54. The van der Waals surface area contributed by atoms with Crippen molar-refractivity contribution in [1.29, 1.82) is 0 Å². The summed E-state index contributed by atoms with van der Waals surface area (Å²) in [6.45, 7) is 16.4. The van der Waals surface area contributed by atoms with E-state index in [-0.39, 0.29) is 47.2 Å². The van der Waals surface area contributed by atoms with E-state index in [4.69, 9.17) is 23.7 Å². The number of rotatable bonds is 15. The molecule has 0 bridgehead atoms. The van der Waals surface area contributed by atoms with Crippen molar-refractivity contribution >= 4 is 19.9 Å². The molecule has 2 aliphatic carbocycles. The molecule has 1 aliphatic heterocycles. The number of carbonyl (C=O) groups is 1. The predicted molar refractivity (Wildman–Crippen MR) is 217 cm³/mol. The molecule has 1 saturated heterocycles. The molecular weight excluding hydrogens is 715 g/mol. The number of methoxy groups -OCH3 is 2. The van der Waals surface area contributed by atoms with Gasteiger partial charge in [0.25, 0.3) is 5.56 Å². The Morgan fingerprint density at radius 1 is 0.891 bits per heavy atom. The molecule has 1 aromatic carbocycles. The minimum Gasteiger partial charge on any atom is -0.356 e. The van der Waals surface area contributed by atoms with Gasteiger partial charge in [0.05, 0.1) is 27.9 Å². The van der Waals surface area contributed by atoms with Gasteiger partial charge < -0.3 is 29.0 Å². The highest BCUT2D eigenvalue weighted by molar-refractivity contribution is 6.78. The molecule has 5 rings (SSSR count). The van der Waals surface area contributed by atoms with Gasteiger partial charge in [-0.1, -0.05) is 83.8 Å². The molecule has 1 aromatic heterocycles. The summed E-state index contributed by atoms with van der Waals surface area (Å²) in [6, 6.07) is 8.52. The van der Waals surface area contributed by atoms with E-state index in [2.05, 4.69) is 71.1 Å². The fourth-order valence-corrected chi connectivity index (χ4v) is 13.8. The van der Waals surface area contributed by atoms with Crippen LogP contribution in [-0.4, -0.2) is 75.0 Å². The van der Waals surface area contributed by atoms with Crippen LogP contribution in [0.1, 0.15) is 136 Å². The van der Waals surface area contributed by atoms with E-state index in [1.54, 1.807) is 27.3 Å². The molecule has 12 heteroatoms. The van der Waals surface area contributed by atoms with Crippen LogP contribution < -0.4 is 21.8 Å². The number of hydrogen-bond acceptors (Lipinski definition) is 8. The molecule has 0 spiro atoms. The molecule has 1 N–H and O–H groups in total. The molecule has 3 atom stereocenters. The number of nitrogens with zero attached hydrogens (tertiary/aromatic N) is 2. The topological polar surface area (TPSA) is 119 Å². The monoisotopic (exact) mass is 782 g/mol. The zero-order chi connectivity index (χ0) is 40.0. The molecule has 2 saturated carbocycles. The van der Waals surface area contributed by atoms with Gasteiger partial charge in [0.2, 0.25) is 5.91 Å². The lowest BCUT2D eigenvalue weighted by molar-refractivity contribution is -0.282. The normalized spacial score (nSPS) is 22.9. The summed E-state index contributed by atoms with van der Waals surface area (Å²) in [5, 5.41) is 4.76. The van der Waals surface area contributed by atoms with Gasteiger partial charge in [-0.15, -0.1) is 0 Å². The van der Waals surface area contributed by atoms with Crippen LogP contribution >= 0.6 is 0 Å². The second-order valence-corrected chi connectivity index (χ2v) is 22.4. The van der Waals surface area contributed by atoms with E-state index in [1.807, 2.05) is 0 Å². The summed E-state index contributed by atoms with van der Waals surface area (Å²) in [6.07, 6.45) is 10.8. The molecule has 55 heavy (non-hydrogen) atoms.